The molecule has 0 unspecified atom stereocenters. The first-order valence-corrected chi connectivity index (χ1v) is 11.8. The molecule has 5 heterocycles. The van der Waals surface area contributed by atoms with E-state index in [4.69, 9.17) is 31.5 Å². The summed E-state index contributed by atoms with van der Waals surface area (Å²) in [6, 6.07) is 0. The van der Waals surface area contributed by atoms with Crippen LogP contribution in [0.5, 0.6) is 0 Å². The van der Waals surface area contributed by atoms with Gasteiger partial charge >= 0.3 is 0 Å². The Morgan fingerprint density at radius 2 is 1.48 bits per heavy atom. The molecule has 3 aliphatic rings. The maximum atomic E-state index is 6.53. The van der Waals surface area contributed by atoms with Gasteiger partial charge in [0.15, 0.2) is 28.0 Å². The first kappa shape index (κ1) is 17.8. The quantitative estimate of drug-likeness (QED) is 0.783. The van der Waals surface area contributed by atoms with Gasteiger partial charge in [0.25, 0.3) is 0 Å². The van der Waals surface area contributed by atoms with Crippen molar-refractivity contribution in [2.75, 3.05) is 77.2 Å². The van der Waals surface area contributed by atoms with Crippen molar-refractivity contribution in [3.05, 3.63) is 5.15 Å². The van der Waals surface area contributed by atoms with Gasteiger partial charge in [-0.15, -0.1) is 23.5 Å². The number of hydrogen-bond acceptors (Lipinski definition) is 10. The lowest BCUT2D eigenvalue weighted by Crippen LogP contribution is -2.44. The molecule has 2 aromatic rings. The number of halogens is 1. The molecule has 3 aliphatic heterocycles. The molecule has 0 saturated carbocycles. The van der Waals surface area contributed by atoms with Gasteiger partial charge in [-0.3, -0.25) is 0 Å². The van der Waals surface area contributed by atoms with Crippen molar-refractivity contribution in [2.24, 2.45) is 0 Å². The van der Waals surface area contributed by atoms with Crippen molar-refractivity contribution >= 4 is 63.9 Å². The average molecular weight is 425 g/mol. The third-order valence-electron chi connectivity index (χ3n) is 4.95. The second kappa shape index (κ2) is 7.65. The van der Waals surface area contributed by atoms with E-state index in [1.807, 2.05) is 23.5 Å². The second-order valence-corrected chi connectivity index (χ2v) is 9.20. The highest BCUT2D eigenvalue weighted by Gasteiger charge is 2.26. The van der Waals surface area contributed by atoms with E-state index in [2.05, 4.69) is 20.0 Å². The summed E-state index contributed by atoms with van der Waals surface area (Å²) in [4.78, 5) is 25.9. The van der Waals surface area contributed by atoms with Gasteiger partial charge in [-0.1, -0.05) is 11.6 Å². The van der Waals surface area contributed by atoms with Crippen molar-refractivity contribution in [1.82, 2.24) is 25.3 Å². The van der Waals surface area contributed by atoms with Crippen molar-refractivity contribution in [2.45, 2.75) is 0 Å². The number of thioether (sulfide) groups is 2. The van der Waals surface area contributed by atoms with Crippen LogP contribution >= 0.6 is 35.1 Å². The summed E-state index contributed by atoms with van der Waals surface area (Å²) in [6.07, 6.45) is 0. The van der Waals surface area contributed by atoms with Crippen molar-refractivity contribution in [3.63, 3.8) is 0 Å². The number of rotatable bonds is 3. The number of piperazine rings is 1. The molecule has 0 radical (unpaired) electrons. The molecule has 27 heavy (non-hydrogen) atoms. The molecule has 0 spiro atoms. The molecular formula is C16H21ClN8S2. The van der Waals surface area contributed by atoms with Crippen molar-refractivity contribution in [1.29, 1.82) is 0 Å². The van der Waals surface area contributed by atoms with Crippen LogP contribution in [-0.4, -0.2) is 82.5 Å². The minimum absolute atomic E-state index is 0.441. The molecule has 11 heteroatoms. The smallest absolute Gasteiger partial charge is 0.229 e. The Kier molecular flexibility index (Phi) is 5.06. The van der Waals surface area contributed by atoms with Gasteiger partial charge < -0.3 is 20.0 Å². The Hall–Kier alpha value is -1.23. The van der Waals surface area contributed by atoms with Gasteiger partial charge in [0, 0.05) is 50.8 Å². The molecule has 5 rings (SSSR count). The molecular weight excluding hydrogens is 404 g/mol. The predicted octanol–water partition coefficient (Wildman–Crippen LogP) is 1.50. The van der Waals surface area contributed by atoms with E-state index >= 15 is 0 Å². The van der Waals surface area contributed by atoms with E-state index in [9.17, 15) is 0 Å². The monoisotopic (exact) mass is 424 g/mol. The molecule has 0 bridgehead atoms. The summed E-state index contributed by atoms with van der Waals surface area (Å²) < 4.78 is 0. The molecule has 8 nitrogen and oxygen atoms in total. The average Bonchev–Trinajstić information content (AvgIpc) is 3.41. The fourth-order valence-electron chi connectivity index (χ4n) is 3.48. The SMILES string of the molecule is Clc1nc2c(N3CCSC3)nc(N3CCNCC3)nc2nc1N1CCSC1. The minimum atomic E-state index is 0.441. The second-order valence-electron chi connectivity index (χ2n) is 6.70. The zero-order valence-electron chi connectivity index (χ0n) is 14.9. The Bertz CT molecular complexity index is 835. The molecule has 2 aromatic heterocycles. The van der Waals surface area contributed by atoms with Crippen LogP contribution in [0.3, 0.4) is 0 Å². The first-order valence-electron chi connectivity index (χ1n) is 9.16. The van der Waals surface area contributed by atoms with Gasteiger partial charge in [-0.25, -0.2) is 9.97 Å². The normalized spacial score (nSPS) is 20.9. The van der Waals surface area contributed by atoms with Crippen LogP contribution in [-0.2, 0) is 0 Å². The Labute approximate surface area is 171 Å². The lowest BCUT2D eigenvalue weighted by atomic mass is 10.3. The van der Waals surface area contributed by atoms with Crippen molar-refractivity contribution < 1.29 is 0 Å². The Morgan fingerprint density at radius 3 is 2.15 bits per heavy atom. The zero-order valence-corrected chi connectivity index (χ0v) is 17.3. The summed E-state index contributed by atoms with van der Waals surface area (Å²) >= 11 is 10.3. The van der Waals surface area contributed by atoms with Gasteiger partial charge in [-0.2, -0.15) is 9.97 Å². The zero-order chi connectivity index (χ0) is 18.2. The van der Waals surface area contributed by atoms with E-state index in [1.54, 1.807) is 0 Å². The summed E-state index contributed by atoms with van der Waals surface area (Å²) in [7, 11) is 0. The third-order valence-corrected chi connectivity index (χ3v) is 7.13. The maximum Gasteiger partial charge on any atom is 0.229 e. The number of nitrogens with zero attached hydrogens (tertiary/aromatic N) is 7. The van der Waals surface area contributed by atoms with Crippen LogP contribution in [0.2, 0.25) is 5.15 Å². The Balaban J connectivity index is 1.63. The molecule has 0 amide bonds. The molecule has 0 aliphatic carbocycles. The molecule has 3 fully saturated rings. The van der Waals surface area contributed by atoms with E-state index < -0.39 is 0 Å². The highest BCUT2D eigenvalue weighted by atomic mass is 35.5. The van der Waals surface area contributed by atoms with Gasteiger partial charge in [0.05, 0.1) is 11.8 Å². The van der Waals surface area contributed by atoms with Gasteiger partial charge in [0.1, 0.15) is 0 Å². The molecule has 1 N–H and O–H groups in total. The summed E-state index contributed by atoms with van der Waals surface area (Å²) in [5.41, 5.74) is 1.35. The van der Waals surface area contributed by atoms with Crippen LogP contribution < -0.4 is 20.0 Å². The number of nitrogens with one attached hydrogen (secondary N) is 1. The lowest BCUT2D eigenvalue weighted by Gasteiger charge is -2.28. The van der Waals surface area contributed by atoms with E-state index in [1.165, 1.54) is 0 Å². The Morgan fingerprint density at radius 1 is 0.778 bits per heavy atom. The van der Waals surface area contributed by atoms with E-state index in [0.717, 1.165) is 80.1 Å². The number of fused-ring (bicyclic) bond motifs is 1. The summed E-state index contributed by atoms with van der Waals surface area (Å²) in [5, 5.41) is 3.82. The van der Waals surface area contributed by atoms with Crippen LogP contribution in [0.15, 0.2) is 0 Å². The minimum Gasteiger partial charge on any atom is -0.345 e. The number of hydrogen-bond donors (Lipinski definition) is 1. The van der Waals surface area contributed by atoms with Crippen LogP contribution in [0.1, 0.15) is 0 Å². The van der Waals surface area contributed by atoms with Crippen LogP contribution in [0, 0.1) is 0 Å². The standard InChI is InChI=1S/C16H21ClN8S2/c17-12-15(25-6-8-27-10-25)20-13-11(19-12)14(24-5-7-26-9-24)22-16(21-13)23-3-1-18-2-4-23/h18H,1-10H2. The fourth-order valence-corrected chi connectivity index (χ4v) is 5.63. The molecule has 0 aromatic carbocycles. The number of anilines is 3. The van der Waals surface area contributed by atoms with E-state index in [-0.39, 0.29) is 0 Å². The lowest BCUT2D eigenvalue weighted by molar-refractivity contribution is 0.580. The number of aromatic nitrogens is 4. The maximum absolute atomic E-state index is 6.53. The molecule has 144 valence electrons. The predicted molar refractivity (Wildman–Crippen MR) is 115 cm³/mol. The highest BCUT2D eigenvalue weighted by Crippen LogP contribution is 2.33. The fraction of sp³-hybridized carbons (Fsp3) is 0.625. The largest absolute Gasteiger partial charge is 0.345 e. The van der Waals surface area contributed by atoms with Crippen molar-refractivity contribution in [3.8, 4) is 0 Å². The van der Waals surface area contributed by atoms with Crippen LogP contribution in [0.4, 0.5) is 17.6 Å². The molecule has 3 saturated heterocycles. The van der Waals surface area contributed by atoms with Gasteiger partial charge in [0.2, 0.25) is 5.95 Å². The highest BCUT2D eigenvalue weighted by molar-refractivity contribution is 7.99. The third kappa shape index (κ3) is 3.48. The summed E-state index contributed by atoms with van der Waals surface area (Å²) in [6.45, 7) is 5.59. The van der Waals surface area contributed by atoms with Gasteiger partial charge in [-0.05, 0) is 0 Å². The summed E-state index contributed by atoms with van der Waals surface area (Å²) in [5.74, 6) is 6.33. The topological polar surface area (TPSA) is 73.3 Å². The van der Waals surface area contributed by atoms with E-state index in [0.29, 0.717) is 16.3 Å². The van der Waals surface area contributed by atoms with Crippen LogP contribution in [0.25, 0.3) is 11.2 Å². The first-order chi connectivity index (χ1) is 13.3. The molecule has 0 atom stereocenters.